The largest absolute Gasteiger partial charge is 0.481 e. The average Bonchev–Trinajstić information content (AvgIpc) is 2.50. The van der Waals surface area contributed by atoms with Gasteiger partial charge in [-0.3, -0.25) is 9.59 Å². The highest BCUT2D eigenvalue weighted by Gasteiger charge is 2.32. The lowest BCUT2D eigenvalue weighted by Gasteiger charge is -2.15. The maximum absolute atomic E-state index is 10.7. The Morgan fingerprint density at radius 1 is 1.46 bits per heavy atom. The number of hydrogen-bond acceptors (Lipinski definition) is 3. The zero-order valence-corrected chi connectivity index (χ0v) is 7.92. The molecule has 0 saturated carbocycles. The fourth-order valence-corrected chi connectivity index (χ4v) is 2.90. The molecule has 0 spiro atoms. The molecule has 2 atom stereocenters. The minimum atomic E-state index is -1.03. The van der Waals surface area contributed by atoms with Gasteiger partial charge in [-0.05, 0) is 18.6 Å². The van der Waals surface area contributed by atoms with E-state index < -0.39 is 17.9 Å². The number of carboxylic acids is 2. The van der Waals surface area contributed by atoms with Crippen molar-refractivity contribution >= 4 is 23.7 Å². The van der Waals surface area contributed by atoms with Gasteiger partial charge >= 0.3 is 11.9 Å². The quantitative estimate of drug-likeness (QED) is 0.716. The molecule has 0 aromatic heterocycles. The third-order valence-corrected chi connectivity index (χ3v) is 3.64. The SMILES string of the molecule is O=C(O)CC(C(=O)O)C1CCCS1. The number of aliphatic carboxylic acids is 2. The molecule has 5 heteroatoms. The van der Waals surface area contributed by atoms with Crippen LogP contribution in [0, 0.1) is 5.92 Å². The van der Waals surface area contributed by atoms with Crippen LogP contribution in [0.2, 0.25) is 0 Å². The van der Waals surface area contributed by atoms with Crippen molar-refractivity contribution in [1.29, 1.82) is 0 Å². The molecule has 1 saturated heterocycles. The summed E-state index contributed by atoms with van der Waals surface area (Å²) in [4.78, 5) is 21.1. The molecule has 0 bridgehead atoms. The van der Waals surface area contributed by atoms with Gasteiger partial charge in [-0.1, -0.05) is 0 Å². The number of rotatable bonds is 4. The maximum Gasteiger partial charge on any atom is 0.308 e. The van der Waals surface area contributed by atoms with Crippen molar-refractivity contribution in [2.75, 3.05) is 5.75 Å². The fourth-order valence-electron chi connectivity index (χ4n) is 1.49. The van der Waals surface area contributed by atoms with E-state index in [1.165, 1.54) is 0 Å². The number of carboxylic acid groups (broad SMARTS) is 2. The first-order chi connectivity index (χ1) is 6.11. The highest BCUT2D eigenvalue weighted by molar-refractivity contribution is 8.00. The molecule has 0 aliphatic carbocycles. The highest BCUT2D eigenvalue weighted by Crippen LogP contribution is 2.33. The summed E-state index contributed by atoms with van der Waals surface area (Å²) < 4.78 is 0. The number of thioether (sulfide) groups is 1. The smallest absolute Gasteiger partial charge is 0.308 e. The Hall–Kier alpha value is -0.710. The fraction of sp³-hybridized carbons (Fsp3) is 0.750. The minimum Gasteiger partial charge on any atom is -0.481 e. The molecule has 1 aliphatic rings. The molecule has 0 radical (unpaired) electrons. The van der Waals surface area contributed by atoms with E-state index in [0.717, 1.165) is 18.6 Å². The second-order valence-corrected chi connectivity index (χ2v) is 4.44. The molecule has 0 aromatic carbocycles. The maximum atomic E-state index is 10.7. The van der Waals surface area contributed by atoms with E-state index >= 15 is 0 Å². The molecular weight excluding hydrogens is 192 g/mol. The summed E-state index contributed by atoms with van der Waals surface area (Å²) in [7, 11) is 0. The predicted octanol–water partition coefficient (Wildman–Crippen LogP) is 1.06. The zero-order chi connectivity index (χ0) is 9.84. The average molecular weight is 204 g/mol. The minimum absolute atomic E-state index is 0.00593. The second-order valence-electron chi connectivity index (χ2n) is 3.09. The third-order valence-electron chi connectivity index (χ3n) is 2.13. The molecule has 1 rings (SSSR count). The van der Waals surface area contributed by atoms with Crippen LogP contribution < -0.4 is 0 Å². The van der Waals surface area contributed by atoms with Gasteiger partial charge in [0.05, 0.1) is 12.3 Å². The van der Waals surface area contributed by atoms with E-state index in [-0.39, 0.29) is 11.7 Å². The third kappa shape index (κ3) is 2.91. The van der Waals surface area contributed by atoms with Gasteiger partial charge in [-0.2, -0.15) is 11.8 Å². The van der Waals surface area contributed by atoms with Gasteiger partial charge in [0.15, 0.2) is 0 Å². The van der Waals surface area contributed by atoms with E-state index in [0.29, 0.717) is 0 Å². The molecule has 13 heavy (non-hydrogen) atoms. The molecule has 1 aliphatic heterocycles. The predicted molar refractivity (Wildman–Crippen MR) is 48.9 cm³/mol. The number of carbonyl (C=O) groups is 2. The Labute approximate surface area is 80.3 Å². The van der Waals surface area contributed by atoms with Gasteiger partial charge in [-0.15, -0.1) is 0 Å². The van der Waals surface area contributed by atoms with Crippen molar-refractivity contribution < 1.29 is 19.8 Å². The lowest BCUT2D eigenvalue weighted by atomic mass is 9.98. The van der Waals surface area contributed by atoms with E-state index in [9.17, 15) is 9.59 Å². The van der Waals surface area contributed by atoms with E-state index in [2.05, 4.69) is 0 Å². The Morgan fingerprint density at radius 2 is 2.15 bits per heavy atom. The van der Waals surface area contributed by atoms with Crippen LogP contribution in [-0.2, 0) is 9.59 Å². The highest BCUT2D eigenvalue weighted by atomic mass is 32.2. The molecule has 2 unspecified atom stereocenters. The van der Waals surface area contributed by atoms with E-state index in [1.54, 1.807) is 11.8 Å². The van der Waals surface area contributed by atoms with Crippen LogP contribution in [0.3, 0.4) is 0 Å². The van der Waals surface area contributed by atoms with Gasteiger partial charge in [0.2, 0.25) is 0 Å². The van der Waals surface area contributed by atoms with E-state index in [1.807, 2.05) is 0 Å². The van der Waals surface area contributed by atoms with Gasteiger partial charge in [0.1, 0.15) is 0 Å². The van der Waals surface area contributed by atoms with Crippen LogP contribution in [0.15, 0.2) is 0 Å². The summed E-state index contributed by atoms with van der Waals surface area (Å²) in [6.07, 6.45) is 1.57. The first kappa shape index (κ1) is 10.4. The van der Waals surface area contributed by atoms with Crippen molar-refractivity contribution in [2.45, 2.75) is 24.5 Å². The summed E-state index contributed by atoms with van der Waals surface area (Å²) in [6.45, 7) is 0. The lowest BCUT2D eigenvalue weighted by Crippen LogP contribution is -2.26. The van der Waals surface area contributed by atoms with Gasteiger partial charge in [-0.25, -0.2) is 0 Å². The van der Waals surface area contributed by atoms with Crippen LogP contribution in [-0.4, -0.2) is 33.2 Å². The standard InChI is InChI=1S/C8H12O4S/c9-7(10)4-5(8(11)12)6-2-1-3-13-6/h5-6H,1-4H2,(H,9,10)(H,11,12). The monoisotopic (exact) mass is 204 g/mol. The second kappa shape index (κ2) is 4.50. The van der Waals surface area contributed by atoms with Gasteiger partial charge in [0, 0.05) is 5.25 Å². The van der Waals surface area contributed by atoms with Crippen LogP contribution in [0.5, 0.6) is 0 Å². The van der Waals surface area contributed by atoms with Crippen molar-refractivity contribution in [3.8, 4) is 0 Å². The summed E-state index contributed by atoms with van der Waals surface area (Å²) in [5.74, 6) is -1.78. The van der Waals surface area contributed by atoms with Crippen molar-refractivity contribution in [2.24, 2.45) is 5.92 Å². The molecule has 1 fully saturated rings. The van der Waals surface area contributed by atoms with Crippen LogP contribution >= 0.6 is 11.8 Å². The normalized spacial score (nSPS) is 24.2. The zero-order valence-electron chi connectivity index (χ0n) is 7.10. The Morgan fingerprint density at radius 3 is 2.54 bits per heavy atom. The Bertz CT molecular complexity index is 210. The Kier molecular flexibility index (Phi) is 3.59. The summed E-state index contributed by atoms with van der Waals surface area (Å²) >= 11 is 1.58. The summed E-state index contributed by atoms with van der Waals surface area (Å²) in [5, 5.41) is 17.3. The molecule has 0 amide bonds. The van der Waals surface area contributed by atoms with Crippen molar-refractivity contribution in [3.05, 3.63) is 0 Å². The Balaban J connectivity index is 2.55. The first-order valence-corrected chi connectivity index (χ1v) is 5.22. The molecule has 74 valence electrons. The van der Waals surface area contributed by atoms with Crippen molar-refractivity contribution in [3.63, 3.8) is 0 Å². The number of hydrogen-bond donors (Lipinski definition) is 2. The topological polar surface area (TPSA) is 74.6 Å². The summed E-state index contributed by atoms with van der Waals surface area (Å²) in [6, 6.07) is 0. The van der Waals surface area contributed by atoms with Gasteiger partial charge in [0.25, 0.3) is 0 Å². The van der Waals surface area contributed by atoms with Crippen molar-refractivity contribution in [1.82, 2.24) is 0 Å². The molecule has 4 nitrogen and oxygen atoms in total. The van der Waals surface area contributed by atoms with Gasteiger partial charge < -0.3 is 10.2 Å². The molecule has 2 N–H and O–H groups in total. The lowest BCUT2D eigenvalue weighted by molar-refractivity contribution is -0.148. The van der Waals surface area contributed by atoms with Crippen LogP contribution in [0.4, 0.5) is 0 Å². The molecule has 1 heterocycles. The first-order valence-electron chi connectivity index (χ1n) is 4.17. The summed E-state index contributed by atoms with van der Waals surface area (Å²) in [5.41, 5.74) is 0. The molecule has 0 aromatic rings. The van der Waals surface area contributed by atoms with Crippen LogP contribution in [0.25, 0.3) is 0 Å². The van der Waals surface area contributed by atoms with Crippen LogP contribution in [0.1, 0.15) is 19.3 Å². The molecular formula is C8H12O4S. The van der Waals surface area contributed by atoms with E-state index in [4.69, 9.17) is 10.2 Å².